The van der Waals surface area contributed by atoms with Gasteiger partial charge in [0.1, 0.15) is 0 Å². The van der Waals surface area contributed by atoms with Crippen LogP contribution in [0.25, 0.3) is 0 Å². The van der Waals surface area contributed by atoms with Gasteiger partial charge in [-0.1, -0.05) is 6.92 Å². The van der Waals surface area contributed by atoms with E-state index in [1.807, 2.05) is 0 Å². The first-order chi connectivity index (χ1) is 7.78. The minimum Gasteiger partial charge on any atom is -0.329 e. The van der Waals surface area contributed by atoms with Crippen molar-refractivity contribution in [1.82, 2.24) is 10.2 Å². The van der Waals surface area contributed by atoms with E-state index < -0.39 is 0 Å². The van der Waals surface area contributed by atoms with Crippen molar-refractivity contribution in [3.05, 3.63) is 0 Å². The molecular formula is C13H27N3. The smallest absolute Gasteiger partial charge is 0.0316 e. The Hall–Kier alpha value is -0.120. The molecule has 3 N–H and O–H groups in total. The fourth-order valence-electron chi connectivity index (χ4n) is 2.70. The van der Waals surface area contributed by atoms with Crippen molar-refractivity contribution in [2.24, 2.45) is 11.7 Å². The van der Waals surface area contributed by atoms with Gasteiger partial charge >= 0.3 is 0 Å². The number of likely N-dealkylation sites (tertiary alicyclic amines) is 1. The number of hydrogen-bond donors (Lipinski definition) is 2. The van der Waals surface area contributed by atoms with Crippen molar-refractivity contribution < 1.29 is 0 Å². The third kappa shape index (κ3) is 3.19. The molecule has 0 aromatic heterocycles. The van der Waals surface area contributed by atoms with E-state index in [0.717, 1.165) is 12.5 Å². The zero-order valence-electron chi connectivity index (χ0n) is 10.7. The quantitative estimate of drug-likeness (QED) is 0.738. The molecule has 1 aliphatic heterocycles. The summed E-state index contributed by atoms with van der Waals surface area (Å²) < 4.78 is 0. The largest absolute Gasteiger partial charge is 0.329 e. The van der Waals surface area contributed by atoms with Crippen molar-refractivity contribution in [2.75, 3.05) is 32.7 Å². The van der Waals surface area contributed by atoms with Crippen LogP contribution in [0.15, 0.2) is 0 Å². The molecule has 0 aromatic rings. The van der Waals surface area contributed by atoms with Crippen LogP contribution in [0.5, 0.6) is 0 Å². The van der Waals surface area contributed by atoms with Gasteiger partial charge in [-0.05, 0) is 64.2 Å². The Labute approximate surface area is 99.8 Å². The molecule has 0 aromatic carbocycles. The molecule has 1 unspecified atom stereocenters. The zero-order valence-corrected chi connectivity index (χ0v) is 10.7. The molecule has 0 spiro atoms. The van der Waals surface area contributed by atoms with E-state index in [1.54, 1.807) is 0 Å². The lowest BCUT2D eigenvalue weighted by atomic mass is 9.90. The van der Waals surface area contributed by atoms with Crippen LogP contribution in [-0.2, 0) is 0 Å². The zero-order chi connectivity index (χ0) is 11.4. The lowest BCUT2D eigenvalue weighted by Gasteiger charge is -2.33. The average Bonchev–Trinajstić information content (AvgIpc) is 3.14. The predicted octanol–water partition coefficient (Wildman–Crippen LogP) is 1.19. The first kappa shape index (κ1) is 12.3. The number of nitrogens with two attached hydrogens (primary N) is 1. The topological polar surface area (TPSA) is 41.3 Å². The van der Waals surface area contributed by atoms with Gasteiger partial charge in [-0.3, -0.25) is 0 Å². The first-order valence-electron chi connectivity index (χ1n) is 6.95. The molecule has 3 heteroatoms. The standard InChI is InChI=1S/C13H27N3/c1-2-16-8-3-6-13(11-14,7-9-16)15-10-12-4-5-12/h12,15H,2-11,14H2,1H3. The molecule has 2 aliphatic rings. The maximum atomic E-state index is 6.02. The molecule has 1 aliphatic carbocycles. The van der Waals surface area contributed by atoms with Crippen LogP contribution in [0.1, 0.15) is 39.0 Å². The first-order valence-corrected chi connectivity index (χ1v) is 6.95. The summed E-state index contributed by atoms with van der Waals surface area (Å²) in [6.07, 6.45) is 6.63. The maximum Gasteiger partial charge on any atom is 0.0316 e. The molecule has 2 fully saturated rings. The molecule has 2 rings (SSSR count). The summed E-state index contributed by atoms with van der Waals surface area (Å²) in [7, 11) is 0. The van der Waals surface area contributed by atoms with Gasteiger partial charge in [-0.15, -0.1) is 0 Å². The summed E-state index contributed by atoms with van der Waals surface area (Å²) in [6.45, 7) is 7.91. The normalized spacial score (nSPS) is 32.6. The van der Waals surface area contributed by atoms with E-state index in [0.29, 0.717) is 0 Å². The van der Waals surface area contributed by atoms with Crippen molar-refractivity contribution in [1.29, 1.82) is 0 Å². The van der Waals surface area contributed by atoms with Gasteiger partial charge in [0.2, 0.25) is 0 Å². The molecule has 3 nitrogen and oxygen atoms in total. The van der Waals surface area contributed by atoms with Crippen LogP contribution in [0.4, 0.5) is 0 Å². The summed E-state index contributed by atoms with van der Waals surface area (Å²) in [5.41, 5.74) is 6.26. The molecule has 1 saturated heterocycles. The minimum absolute atomic E-state index is 0.243. The van der Waals surface area contributed by atoms with E-state index in [2.05, 4.69) is 17.1 Å². The molecule has 94 valence electrons. The Bertz CT molecular complexity index is 215. The van der Waals surface area contributed by atoms with Gasteiger partial charge in [-0.2, -0.15) is 0 Å². The summed E-state index contributed by atoms with van der Waals surface area (Å²) in [6, 6.07) is 0. The Kier molecular flexibility index (Phi) is 4.22. The fourth-order valence-corrected chi connectivity index (χ4v) is 2.70. The second-order valence-electron chi connectivity index (χ2n) is 5.60. The highest BCUT2D eigenvalue weighted by molar-refractivity contribution is 4.93. The summed E-state index contributed by atoms with van der Waals surface area (Å²) in [4.78, 5) is 2.55. The third-order valence-corrected chi connectivity index (χ3v) is 4.34. The monoisotopic (exact) mass is 225 g/mol. The maximum absolute atomic E-state index is 6.02. The second kappa shape index (κ2) is 5.48. The summed E-state index contributed by atoms with van der Waals surface area (Å²) in [5, 5.41) is 3.78. The van der Waals surface area contributed by atoms with Crippen LogP contribution < -0.4 is 11.1 Å². The Morgan fingerprint density at radius 3 is 2.75 bits per heavy atom. The molecular weight excluding hydrogens is 198 g/mol. The van der Waals surface area contributed by atoms with E-state index >= 15 is 0 Å². The van der Waals surface area contributed by atoms with Crippen LogP contribution in [0, 0.1) is 5.92 Å². The summed E-state index contributed by atoms with van der Waals surface area (Å²) in [5.74, 6) is 0.953. The number of rotatable bonds is 5. The van der Waals surface area contributed by atoms with Gasteiger partial charge in [0.25, 0.3) is 0 Å². The van der Waals surface area contributed by atoms with Crippen LogP contribution in [0.3, 0.4) is 0 Å². The SMILES string of the molecule is CCN1CCCC(CN)(NCC2CC2)CC1. The minimum atomic E-state index is 0.243. The van der Waals surface area contributed by atoms with E-state index in [1.165, 1.54) is 58.3 Å². The van der Waals surface area contributed by atoms with Crippen molar-refractivity contribution in [3.63, 3.8) is 0 Å². The van der Waals surface area contributed by atoms with Gasteiger partial charge in [-0.25, -0.2) is 0 Å². The lowest BCUT2D eigenvalue weighted by Crippen LogP contribution is -2.52. The Balaban J connectivity index is 1.85. The molecule has 1 heterocycles. The highest BCUT2D eigenvalue weighted by Crippen LogP contribution is 2.30. The molecule has 0 amide bonds. The molecule has 1 saturated carbocycles. The van der Waals surface area contributed by atoms with Gasteiger partial charge in [0.15, 0.2) is 0 Å². The van der Waals surface area contributed by atoms with Gasteiger partial charge in [0, 0.05) is 12.1 Å². The number of nitrogens with one attached hydrogen (secondary N) is 1. The third-order valence-electron chi connectivity index (χ3n) is 4.34. The van der Waals surface area contributed by atoms with Gasteiger partial charge < -0.3 is 16.0 Å². The van der Waals surface area contributed by atoms with Crippen molar-refractivity contribution >= 4 is 0 Å². The molecule has 0 radical (unpaired) electrons. The average molecular weight is 225 g/mol. The lowest BCUT2D eigenvalue weighted by molar-refractivity contribution is 0.264. The van der Waals surface area contributed by atoms with E-state index in [4.69, 9.17) is 5.73 Å². The van der Waals surface area contributed by atoms with E-state index in [9.17, 15) is 0 Å². The number of nitrogens with zero attached hydrogens (tertiary/aromatic N) is 1. The highest BCUT2D eigenvalue weighted by Gasteiger charge is 2.32. The molecule has 16 heavy (non-hydrogen) atoms. The molecule has 1 atom stereocenters. The van der Waals surface area contributed by atoms with Crippen molar-refractivity contribution in [3.8, 4) is 0 Å². The fraction of sp³-hybridized carbons (Fsp3) is 1.00. The van der Waals surface area contributed by atoms with Crippen LogP contribution >= 0.6 is 0 Å². The number of hydrogen-bond acceptors (Lipinski definition) is 3. The highest BCUT2D eigenvalue weighted by atomic mass is 15.1. The predicted molar refractivity (Wildman–Crippen MR) is 68.5 cm³/mol. The van der Waals surface area contributed by atoms with Gasteiger partial charge in [0.05, 0.1) is 0 Å². The van der Waals surface area contributed by atoms with Crippen molar-refractivity contribution in [2.45, 2.75) is 44.6 Å². The Morgan fingerprint density at radius 1 is 1.31 bits per heavy atom. The van der Waals surface area contributed by atoms with E-state index in [-0.39, 0.29) is 5.54 Å². The van der Waals surface area contributed by atoms with Crippen LogP contribution in [0.2, 0.25) is 0 Å². The second-order valence-corrected chi connectivity index (χ2v) is 5.60. The Morgan fingerprint density at radius 2 is 2.12 bits per heavy atom. The van der Waals surface area contributed by atoms with Crippen LogP contribution in [-0.4, -0.2) is 43.2 Å². The summed E-state index contributed by atoms with van der Waals surface area (Å²) >= 11 is 0. The molecule has 0 bridgehead atoms.